The predicted octanol–water partition coefficient (Wildman–Crippen LogP) is 5.61. The fourth-order valence-corrected chi connectivity index (χ4v) is 3.64. The number of Topliss-reactive ketones (excluding diaryl/α,β-unsaturated/α-hetero) is 1. The molecule has 1 aromatic carbocycles. The molecule has 164 valence electrons. The van der Waals surface area contributed by atoms with E-state index >= 15 is 0 Å². The SMILES string of the molecule is CCCCCC(CCCC)C(CC(=O)CCc1ccc(O)c(OC)c1)OC(C)=O. The lowest BCUT2D eigenvalue weighted by Crippen LogP contribution is -2.29. The Labute approximate surface area is 175 Å². The van der Waals surface area contributed by atoms with Gasteiger partial charge in [-0.25, -0.2) is 0 Å². The first-order valence-corrected chi connectivity index (χ1v) is 11.0. The lowest BCUT2D eigenvalue weighted by atomic mass is 9.87. The van der Waals surface area contributed by atoms with E-state index < -0.39 is 0 Å². The number of phenolic OH excluding ortho intramolecular Hbond substituents is 1. The van der Waals surface area contributed by atoms with Crippen LogP contribution in [0.3, 0.4) is 0 Å². The van der Waals surface area contributed by atoms with Gasteiger partial charge in [-0.15, -0.1) is 0 Å². The maximum absolute atomic E-state index is 12.7. The molecule has 0 radical (unpaired) electrons. The van der Waals surface area contributed by atoms with E-state index in [2.05, 4.69) is 13.8 Å². The molecule has 1 N–H and O–H groups in total. The van der Waals surface area contributed by atoms with Gasteiger partial charge in [0, 0.05) is 19.8 Å². The number of benzene rings is 1. The predicted molar refractivity (Wildman–Crippen MR) is 115 cm³/mol. The number of carbonyl (C=O) groups excluding carboxylic acids is 2. The number of methoxy groups -OCH3 is 1. The quantitative estimate of drug-likeness (QED) is 0.303. The number of rotatable bonds is 15. The van der Waals surface area contributed by atoms with Crippen LogP contribution in [-0.2, 0) is 20.7 Å². The number of hydrogen-bond donors (Lipinski definition) is 1. The van der Waals surface area contributed by atoms with Gasteiger partial charge >= 0.3 is 5.97 Å². The largest absolute Gasteiger partial charge is 0.504 e. The molecule has 0 aliphatic carbocycles. The van der Waals surface area contributed by atoms with Crippen molar-refractivity contribution >= 4 is 11.8 Å². The van der Waals surface area contributed by atoms with Crippen LogP contribution in [0.1, 0.15) is 84.1 Å². The van der Waals surface area contributed by atoms with Crippen molar-refractivity contribution < 1.29 is 24.2 Å². The first-order chi connectivity index (χ1) is 13.9. The van der Waals surface area contributed by atoms with Crippen LogP contribution in [0.5, 0.6) is 11.5 Å². The zero-order valence-electron chi connectivity index (χ0n) is 18.5. The number of phenols is 1. The average Bonchev–Trinajstić information content (AvgIpc) is 2.69. The fourth-order valence-electron chi connectivity index (χ4n) is 3.64. The van der Waals surface area contributed by atoms with Gasteiger partial charge in [0.1, 0.15) is 11.9 Å². The van der Waals surface area contributed by atoms with Gasteiger partial charge < -0.3 is 14.6 Å². The maximum atomic E-state index is 12.7. The van der Waals surface area contributed by atoms with Gasteiger partial charge in [-0.1, -0.05) is 52.0 Å². The zero-order valence-corrected chi connectivity index (χ0v) is 18.5. The fraction of sp³-hybridized carbons (Fsp3) is 0.667. The molecule has 0 amide bonds. The van der Waals surface area contributed by atoms with Crippen LogP contribution in [0, 0.1) is 5.92 Å². The van der Waals surface area contributed by atoms with Gasteiger partial charge in [0.25, 0.3) is 0 Å². The Morgan fingerprint density at radius 1 is 1.07 bits per heavy atom. The monoisotopic (exact) mass is 406 g/mol. The minimum absolute atomic E-state index is 0.0864. The van der Waals surface area contributed by atoms with Crippen LogP contribution < -0.4 is 4.74 Å². The van der Waals surface area contributed by atoms with Crippen LogP contribution in [0.4, 0.5) is 0 Å². The van der Waals surface area contributed by atoms with E-state index in [1.807, 2.05) is 0 Å². The molecule has 0 heterocycles. The van der Waals surface area contributed by atoms with Crippen LogP contribution >= 0.6 is 0 Å². The minimum atomic E-state index is -0.335. The van der Waals surface area contributed by atoms with Crippen molar-refractivity contribution in [1.29, 1.82) is 0 Å². The van der Waals surface area contributed by atoms with Gasteiger partial charge in [-0.3, -0.25) is 9.59 Å². The van der Waals surface area contributed by atoms with E-state index in [0.717, 1.165) is 50.5 Å². The molecule has 0 aliphatic heterocycles. The Hall–Kier alpha value is -2.04. The van der Waals surface area contributed by atoms with E-state index in [4.69, 9.17) is 9.47 Å². The highest BCUT2D eigenvalue weighted by atomic mass is 16.5. The van der Waals surface area contributed by atoms with Crippen molar-refractivity contribution in [2.75, 3.05) is 7.11 Å². The third-order valence-corrected chi connectivity index (χ3v) is 5.32. The molecule has 0 fully saturated rings. The summed E-state index contributed by atoms with van der Waals surface area (Å²) in [4.78, 5) is 24.3. The second-order valence-electron chi connectivity index (χ2n) is 7.79. The Balaban J connectivity index is 2.72. The first kappa shape index (κ1) is 25.0. The lowest BCUT2D eigenvalue weighted by molar-refractivity contribution is -0.151. The highest BCUT2D eigenvalue weighted by Gasteiger charge is 2.26. The second-order valence-corrected chi connectivity index (χ2v) is 7.79. The summed E-state index contributed by atoms with van der Waals surface area (Å²) in [5.41, 5.74) is 0.933. The number of carbonyl (C=O) groups is 2. The van der Waals surface area contributed by atoms with Crippen molar-refractivity contribution in [2.24, 2.45) is 5.92 Å². The third-order valence-electron chi connectivity index (χ3n) is 5.32. The Morgan fingerprint density at radius 2 is 1.76 bits per heavy atom. The van der Waals surface area contributed by atoms with Crippen LogP contribution in [0.25, 0.3) is 0 Å². The van der Waals surface area contributed by atoms with Gasteiger partial charge in [0.05, 0.1) is 7.11 Å². The van der Waals surface area contributed by atoms with Crippen molar-refractivity contribution in [2.45, 2.75) is 91.1 Å². The summed E-state index contributed by atoms with van der Waals surface area (Å²) in [7, 11) is 1.50. The standard InChI is InChI=1S/C24H38O5/c1-5-7-9-11-20(10-8-6-2)23(29-18(3)25)17-21(26)14-12-19-13-15-22(27)24(16-19)28-4/h13,15-16,20,23,27H,5-12,14,17H2,1-4H3. The van der Waals surface area contributed by atoms with Gasteiger partial charge in [0.15, 0.2) is 11.5 Å². The summed E-state index contributed by atoms with van der Waals surface area (Å²) < 4.78 is 10.7. The lowest BCUT2D eigenvalue weighted by Gasteiger charge is -2.26. The second kappa shape index (κ2) is 14.0. The number of ether oxygens (including phenoxy) is 2. The van der Waals surface area contributed by atoms with E-state index in [1.54, 1.807) is 18.2 Å². The average molecular weight is 407 g/mol. The molecule has 0 saturated heterocycles. The molecule has 5 heteroatoms. The number of esters is 1. The number of unbranched alkanes of at least 4 members (excludes halogenated alkanes) is 3. The summed E-state index contributed by atoms with van der Waals surface area (Å²) in [6.07, 6.45) is 8.44. The van der Waals surface area contributed by atoms with Crippen molar-refractivity contribution in [3.8, 4) is 11.5 Å². The summed E-state index contributed by atoms with van der Waals surface area (Å²) in [6, 6.07) is 5.12. The molecule has 1 rings (SSSR count). The molecular weight excluding hydrogens is 368 g/mol. The molecular formula is C24H38O5. The van der Waals surface area contributed by atoms with Crippen LogP contribution in [0.15, 0.2) is 18.2 Å². The maximum Gasteiger partial charge on any atom is 0.302 e. The molecule has 0 saturated carbocycles. The molecule has 0 aromatic heterocycles. The topological polar surface area (TPSA) is 72.8 Å². The molecule has 1 aromatic rings. The van der Waals surface area contributed by atoms with E-state index in [9.17, 15) is 14.7 Å². The van der Waals surface area contributed by atoms with E-state index in [1.165, 1.54) is 14.0 Å². The number of ketones is 1. The van der Waals surface area contributed by atoms with Crippen molar-refractivity contribution in [1.82, 2.24) is 0 Å². The van der Waals surface area contributed by atoms with E-state index in [-0.39, 0.29) is 35.9 Å². The molecule has 29 heavy (non-hydrogen) atoms. The van der Waals surface area contributed by atoms with Gasteiger partial charge in [0.2, 0.25) is 0 Å². The molecule has 2 atom stereocenters. The van der Waals surface area contributed by atoms with Crippen LogP contribution in [0.2, 0.25) is 0 Å². The van der Waals surface area contributed by atoms with Crippen molar-refractivity contribution in [3.63, 3.8) is 0 Å². The Kier molecular flexibility index (Phi) is 12.1. The molecule has 0 aliphatic rings. The molecule has 0 bridgehead atoms. The van der Waals surface area contributed by atoms with Crippen molar-refractivity contribution in [3.05, 3.63) is 23.8 Å². The summed E-state index contributed by atoms with van der Waals surface area (Å²) in [5.74, 6) is 0.512. The number of hydrogen-bond acceptors (Lipinski definition) is 5. The smallest absolute Gasteiger partial charge is 0.302 e. The zero-order chi connectivity index (χ0) is 21.6. The molecule has 0 spiro atoms. The highest BCUT2D eigenvalue weighted by molar-refractivity contribution is 5.79. The molecule has 5 nitrogen and oxygen atoms in total. The van der Waals surface area contributed by atoms with Gasteiger partial charge in [-0.05, 0) is 42.9 Å². The summed E-state index contributed by atoms with van der Waals surface area (Å²) in [5, 5.41) is 9.70. The van der Waals surface area contributed by atoms with Crippen LogP contribution in [-0.4, -0.2) is 30.1 Å². The van der Waals surface area contributed by atoms with E-state index in [0.29, 0.717) is 18.6 Å². The summed E-state index contributed by atoms with van der Waals surface area (Å²) in [6.45, 7) is 5.75. The minimum Gasteiger partial charge on any atom is -0.504 e. The third kappa shape index (κ3) is 9.82. The molecule has 2 unspecified atom stereocenters. The number of aryl methyl sites for hydroxylation is 1. The number of aromatic hydroxyl groups is 1. The Morgan fingerprint density at radius 3 is 2.38 bits per heavy atom. The summed E-state index contributed by atoms with van der Waals surface area (Å²) >= 11 is 0. The first-order valence-electron chi connectivity index (χ1n) is 11.0. The highest BCUT2D eigenvalue weighted by Crippen LogP contribution is 2.28. The normalized spacial score (nSPS) is 13.0. The van der Waals surface area contributed by atoms with Gasteiger partial charge in [-0.2, -0.15) is 0 Å². The Bertz CT molecular complexity index is 626.